The molecule has 1 aromatic heterocycles. The first-order valence-corrected chi connectivity index (χ1v) is 10.5. The van der Waals surface area contributed by atoms with Gasteiger partial charge in [0, 0.05) is 17.0 Å². The fourth-order valence-corrected chi connectivity index (χ4v) is 4.02. The summed E-state index contributed by atoms with van der Waals surface area (Å²) in [5.41, 5.74) is 4.92. The number of furan rings is 1. The SMILES string of the molecule is CC/C(=C(/c1ccc(/C=C/C(=O)O)cc1)c1cc2ccccc2o1)c1ccc(F)cc1Cl. The van der Waals surface area contributed by atoms with E-state index in [1.807, 2.05) is 61.5 Å². The number of benzene rings is 3. The van der Waals surface area contributed by atoms with Crippen molar-refractivity contribution in [1.82, 2.24) is 0 Å². The molecule has 0 unspecified atom stereocenters. The standard InChI is InChI=1S/C27H20ClFO3/c1-2-21(22-13-12-20(29)16-23(22)28)27(25-15-19-5-3-4-6-24(19)32-25)18-10-7-17(8-11-18)9-14-26(30)31/h3-16H,2H2,1H3,(H,30,31)/b14-9+,27-21+. The molecule has 4 rings (SSSR count). The minimum Gasteiger partial charge on any atom is -0.478 e. The summed E-state index contributed by atoms with van der Waals surface area (Å²) in [5, 5.41) is 10.2. The monoisotopic (exact) mass is 446 g/mol. The molecule has 5 heteroatoms. The number of hydrogen-bond donors (Lipinski definition) is 1. The Bertz CT molecular complexity index is 1310. The number of hydrogen-bond acceptors (Lipinski definition) is 2. The Morgan fingerprint density at radius 2 is 1.81 bits per heavy atom. The highest BCUT2D eigenvalue weighted by molar-refractivity contribution is 6.32. The Balaban J connectivity index is 1.93. The normalized spacial score (nSPS) is 12.3. The third kappa shape index (κ3) is 4.51. The summed E-state index contributed by atoms with van der Waals surface area (Å²) >= 11 is 6.43. The lowest BCUT2D eigenvalue weighted by Crippen LogP contribution is -1.95. The van der Waals surface area contributed by atoms with Crippen molar-refractivity contribution in [3.05, 3.63) is 112 Å². The van der Waals surface area contributed by atoms with Crippen LogP contribution in [0.5, 0.6) is 0 Å². The highest BCUT2D eigenvalue weighted by Gasteiger charge is 2.19. The van der Waals surface area contributed by atoms with Crippen molar-refractivity contribution in [3.63, 3.8) is 0 Å². The molecule has 1 N–H and O–H groups in total. The molecule has 4 aromatic rings. The first kappa shape index (κ1) is 21.6. The van der Waals surface area contributed by atoms with E-state index < -0.39 is 11.8 Å². The Hall–Kier alpha value is -3.63. The summed E-state index contributed by atoms with van der Waals surface area (Å²) in [6.07, 6.45) is 3.27. The van der Waals surface area contributed by atoms with Crippen LogP contribution in [0, 0.1) is 5.82 Å². The molecule has 0 fully saturated rings. The molecule has 0 spiro atoms. The quantitative estimate of drug-likeness (QED) is 0.244. The van der Waals surface area contributed by atoms with Gasteiger partial charge >= 0.3 is 5.97 Å². The smallest absolute Gasteiger partial charge is 0.328 e. The van der Waals surface area contributed by atoms with E-state index in [2.05, 4.69) is 0 Å². The van der Waals surface area contributed by atoms with E-state index in [-0.39, 0.29) is 0 Å². The number of para-hydroxylation sites is 1. The Morgan fingerprint density at radius 1 is 1.06 bits per heavy atom. The Morgan fingerprint density at radius 3 is 2.47 bits per heavy atom. The molecule has 0 atom stereocenters. The summed E-state index contributed by atoms with van der Waals surface area (Å²) in [7, 11) is 0. The van der Waals surface area contributed by atoms with Crippen molar-refractivity contribution in [3.8, 4) is 0 Å². The average molecular weight is 447 g/mol. The summed E-state index contributed by atoms with van der Waals surface area (Å²) in [6, 6.07) is 21.6. The number of carboxylic acid groups (broad SMARTS) is 1. The van der Waals surface area contributed by atoms with Crippen LogP contribution in [-0.2, 0) is 4.79 Å². The van der Waals surface area contributed by atoms with E-state index >= 15 is 0 Å². The number of halogens is 2. The van der Waals surface area contributed by atoms with Gasteiger partial charge in [0.1, 0.15) is 17.2 Å². The summed E-state index contributed by atoms with van der Waals surface area (Å²) in [5.74, 6) is -0.720. The van der Waals surface area contributed by atoms with Gasteiger partial charge in [-0.2, -0.15) is 0 Å². The van der Waals surface area contributed by atoms with Gasteiger partial charge in [-0.05, 0) is 59.0 Å². The maximum Gasteiger partial charge on any atom is 0.328 e. The van der Waals surface area contributed by atoms with Gasteiger partial charge in [-0.3, -0.25) is 0 Å². The highest BCUT2D eigenvalue weighted by Crippen LogP contribution is 2.39. The lowest BCUT2D eigenvalue weighted by atomic mass is 9.90. The van der Waals surface area contributed by atoms with Gasteiger partial charge in [0.25, 0.3) is 0 Å². The van der Waals surface area contributed by atoms with E-state index in [4.69, 9.17) is 21.1 Å². The number of aliphatic carboxylic acids is 1. The molecule has 0 saturated heterocycles. The van der Waals surface area contributed by atoms with Crippen molar-refractivity contribution in [2.45, 2.75) is 13.3 Å². The molecule has 0 amide bonds. The molecule has 0 aliphatic rings. The number of fused-ring (bicyclic) bond motifs is 1. The second-order valence-corrected chi connectivity index (χ2v) is 7.68. The molecular formula is C27H20ClFO3. The fourth-order valence-electron chi connectivity index (χ4n) is 3.73. The van der Waals surface area contributed by atoms with E-state index in [1.165, 1.54) is 18.2 Å². The van der Waals surface area contributed by atoms with Crippen LogP contribution in [0.25, 0.3) is 28.2 Å². The molecule has 1 heterocycles. The highest BCUT2D eigenvalue weighted by atomic mass is 35.5. The van der Waals surface area contributed by atoms with E-state index in [9.17, 15) is 9.18 Å². The first-order chi connectivity index (χ1) is 15.5. The Kier molecular flexibility index (Phi) is 6.24. The number of carboxylic acids is 1. The molecule has 3 aromatic carbocycles. The van der Waals surface area contributed by atoms with Gasteiger partial charge in [-0.25, -0.2) is 9.18 Å². The van der Waals surface area contributed by atoms with Crippen molar-refractivity contribution < 1.29 is 18.7 Å². The van der Waals surface area contributed by atoms with Gasteiger partial charge in [0.05, 0.1) is 5.02 Å². The van der Waals surface area contributed by atoms with Gasteiger partial charge in [-0.1, -0.05) is 67.1 Å². The van der Waals surface area contributed by atoms with Gasteiger partial charge in [0.2, 0.25) is 0 Å². The minimum atomic E-state index is -1.00. The van der Waals surface area contributed by atoms with Crippen LogP contribution in [0.15, 0.2) is 83.3 Å². The predicted octanol–water partition coefficient (Wildman–Crippen LogP) is 7.69. The van der Waals surface area contributed by atoms with Crippen LogP contribution in [0.2, 0.25) is 5.02 Å². The van der Waals surface area contributed by atoms with E-state index in [1.54, 1.807) is 6.07 Å². The maximum atomic E-state index is 13.7. The van der Waals surface area contributed by atoms with Gasteiger partial charge in [0.15, 0.2) is 0 Å². The lowest BCUT2D eigenvalue weighted by Gasteiger charge is -2.15. The molecule has 0 aliphatic heterocycles. The van der Waals surface area contributed by atoms with Crippen LogP contribution in [0.1, 0.15) is 35.8 Å². The molecule has 0 bridgehead atoms. The van der Waals surface area contributed by atoms with E-state index in [0.717, 1.165) is 44.9 Å². The Labute approximate surface area is 190 Å². The van der Waals surface area contributed by atoms with Crippen LogP contribution in [0.3, 0.4) is 0 Å². The minimum absolute atomic E-state index is 0.330. The average Bonchev–Trinajstić information content (AvgIpc) is 3.20. The molecule has 32 heavy (non-hydrogen) atoms. The van der Waals surface area contributed by atoms with Crippen LogP contribution in [-0.4, -0.2) is 11.1 Å². The third-order valence-corrected chi connectivity index (χ3v) is 5.51. The largest absolute Gasteiger partial charge is 0.478 e. The number of allylic oxidation sites excluding steroid dienone is 1. The predicted molar refractivity (Wildman–Crippen MR) is 127 cm³/mol. The number of carbonyl (C=O) groups is 1. The van der Waals surface area contributed by atoms with Crippen LogP contribution < -0.4 is 0 Å². The molecular weight excluding hydrogens is 427 g/mol. The lowest BCUT2D eigenvalue weighted by molar-refractivity contribution is -0.131. The second kappa shape index (κ2) is 9.25. The van der Waals surface area contributed by atoms with Gasteiger partial charge < -0.3 is 9.52 Å². The first-order valence-electron chi connectivity index (χ1n) is 10.1. The van der Waals surface area contributed by atoms with Crippen molar-refractivity contribution in [2.24, 2.45) is 0 Å². The van der Waals surface area contributed by atoms with Crippen molar-refractivity contribution >= 4 is 45.8 Å². The zero-order valence-electron chi connectivity index (χ0n) is 17.3. The summed E-state index contributed by atoms with van der Waals surface area (Å²) in [6.45, 7) is 2.02. The summed E-state index contributed by atoms with van der Waals surface area (Å²) < 4.78 is 19.9. The molecule has 0 saturated carbocycles. The second-order valence-electron chi connectivity index (χ2n) is 7.27. The fraction of sp³-hybridized carbons (Fsp3) is 0.0741. The zero-order chi connectivity index (χ0) is 22.7. The topological polar surface area (TPSA) is 50.4 Å². The number of rotatable bonds is 6. The van der Waals surface area contributed by atoms with Crippen molar-refractivity contribution in [1.29, 1.82) is 0 Å². The molecule has 3 nitrogen and oxygen atoms in total. The molecule has 0 radical (unpaired) electrons. The zero-order valence-corrected chi connectivity index (χ0v) is 18.1. The van der Waals surface area contributed by atoms with Crippen LogP contribution in [0.4, 0.5) is 4.39 Å². The van der Waals surface area contributed by atoms with Crippen LogP contribution >= 0.6 is 11.6 Å². The van der Waals surface area contributed by atoms with Gasteiger partial charge in [-0.15, -0.1) is 0 Å². The third-order valence-electron chi connectivity index (χ3n) is 5.20. The van der Waals surface area contributed by atoms with Crippen molar-refractivity contribution in [2.75, 3.05) is 0 Å². The summed E-state index contributed by atoms with van der Waals surface area (Å²) in [4.78, 5) is 10.8. The molecule has 0 aliphatic carbocycles. The molecule has 160 valence electrons. The maximum absolute atomic E-state index is 13.7. The van der Waals surface area contributed by atoms with E-state index in [0.29, 0.717) is 17.2 Å².